The van der Waals surface area contributed by atoms with Crippen LogP contribution in [-0.4, -0.2) is 43.6 Å². The largest absolute Gasteiger partial charge is 0.534 e. The zero-order chi connectivity index (χ0) is 20.5. The van der Waals surface area contributed by atoms with Crippen LogP contribution in [0, 0.1) is 0 Å². The van der Waals surface area contributed by atoms with Crippen LogP contribution >= 0.6 is 0 Å². The second-order valence-electron chi connectivity index (χ2n) is 6.92. The lowest BCUT2D eigenvalue weighted by atomic mass is 9.99. The van der Waals surface area contributed by atoms with Gasteiger partial charge >= 0.3 is 21.7 Å². The van der Waals surface area contributed by atoms with Crippen molar-refractivity contribution in [3.63, 3.8) is 0 Å². The van der Waals surface area contributed by atoms with E-state index in [0.29, 0.717) is 18.5 Å². The van der Waals surface area contributed by atoms with Gasteiger partial charge in [-0.15, -0.1) is 0 Å². The topological polar surface area (TPSA) is 72.9 Å². The normalized spacial score (nSPS) is 15.9. The molecule has 0 aromatic heterocycles. The summed E-state index contributed by atoms with van der Waals surface area (Å²) in [6.07, 6.45) is 1.73. The van der Waals surface area contributed by atoms with Crippen LogP contribution in [0.1, 0.15) is 32.8 Å². The quantitative estimate of drug-likeness (QED) is 0.561. The second-order valence-corrected chi connectivity index (χ2v) is 8.45. The molecule has 1 aromatic rings. The Kier molecular flexibility index (Phi) is 5.79. The van der Waals surface area contributed by atoms with E-state index in [2.05, 4.69) is 4.18 Å². The third-order valence-corrected chi connectivity index (χ3v) is 4.53. The van der Waals surface area contributed by atoms with Crippen molar-refractivity contribution in [1.82, 2.24) is 4.90 Å². The number of benzene rings is 1. The molecule has 0 saturated carbocycles. The average molecular weight is 407 g/mol. The molecule has 0 aliphatic carbocycles. The zero-order valence-electron chi connectivity index (χ0n) is 15.0. The van der Waals surface area contributed by atoms with Crippen molar-refractivity contribution in [2.24, 2.45) is 0 Å². The summed E-state index contributed by atoms with van der Waals surface area (Å²) in [4.78, 5) is 13.5. The Labute approximate surface area is 155 Å². The summed E-state index contributed by atoms with van der Waals surface area (Å²) < 4.78 is 69.0. The maximum absolute atomic E-state index is 12.4. The highest BCUT2D eigenvalue weighted by molar-refractivity contribution is 7.88. The van der Waals surface area contributed by atoms with Crippen LogP contribution in [0.25, 0.3) is 5.57 Å². The van der Waals surface area contributed by atoms with Crippen molar-refractivity contribution in [1.29, 1.82) is 0 Å². The van der Waals surface area contributed by atoms with Gasteiger partial charge in [-0.3, -0.25) is 0 Å². The Morgan fingerprint density at radius 1 is 1.19 bits per heavy atom. The molecule has 0 atom stereocenters. The van der Waals surface area contributed by atoms with E-state index in [9.17, 15) is 26.4 Å². The third-order valence-electron chi connectivity index (χ3n) is 3.56. The first kappa shape index (κ1) is 21.1. The Morgan fingerprint density at radius 2 is 1.85 bits per heavy atom. The highest BCUT2D eigenvalue weighted by Gasteiger charge is 2.48. The number of carbonyl (C=O) groups excluding carboxylic acids is 1. The van der Waals surface area contributed by atoms with Crippen molar-refractivity contribution in [2.75, 3.05) is 13.1 Å². The van der Waals surface area contributed by atoms with Crippen molar-refractivity contribution < 1.29 is 35.3 Å². The van der Waals surface area contributed by atoms with Gasteiger partial charge in [-0.05, 0) is 50.5 Å². The molecule has 150 valence electrons. The monoisotopic (exact) mass is 407 g/mol. The van der Waals surface area contributed by atoms with Gasteiger partial charge in [0.15, 0.2) is 0 Å². The molecule has 1 heterocycles. The maximum Gasteiger partial charge on any atom is 0.534 e. The van der Waals surface area contributed by atoms with Crippen LogP contribution in [0.3, 0.4) is 0 Å². The molecule has 1 aromatic carbocycles. The fourth-order valence-electron chi connectivity index (χ4n) is 2.35. The van der Waals surface area contributed by atoms with Gasteiger partial charge < -0.3 is 13.8 Å². The number of hydrogen-bond donors (Lipinski definition) is 0. The number of alkyl halides is 3. The predicted molar refractivity (Wildman–Crippen MR) is 92.4 cm³/mol. The Balaban J connectivity index is 2.11. The summed E-state index contributed by atoms with van der Waals surface area (Å²) in [7, 11) is -5.72. The molecule has 1 aliphatic rings. The average Bonchev–Trinajstić information content (AvgIpc) is 2.52. The molecule has 1 aliphatic heterocycles. The molecule has 1 amide bonds. The summed E-state index contributed by atoms with van der Waals surface area (Å²) in [5, 5.41) is 0. The number of hydrogen-bond acceptors (Lipinski definition) is 5. The van der Waals surface area contributed by atoms with Crippen LogP contribution in [-0.2, 0) is 14.9 Å². The Hall–Kier alpha value is -2.23. The van der Waals surface area contributed by atoms with E-state index in [1.54, 1.807) is 32.9 Å². The molecule has 0 spiro atoms. The number of carbonyl (C=O) groups is 1. The van der Waals surface area contributed by atoms with Crippen LogP contribution in [0.4, 0.5) is 18.0 Å². The van der Waals surface area contributed by atoms with Crippen molar-refractivity contribution >= 4 is 21.8 Å². The summed E-state index contributed by atoms with van der Waals surface area (Å²) in [5.41, 5.74) is -4.82. The first-order chi connectivity index (χ1) is 12.3. The summed E-state index contributed by atoms with van der Waals surface area (Å²) in [6.45, 7) is 5.92. The number of nitrogens with zero attached hydrogens (tertiary/aromatic N) is 1. The third kappa shape index (κ3) is 5.62. The van der Waals surface area contributed by atoms with Crippen LogP contribution in [0.2, 0.25) is 0 Å². The Bertz CT molecular complexity index is 841. The summed E-state index contributed by atoms with van der Waals surface area (Å²) in [6, 6.07) is 5.38. The Morgan fingerprint density at radius 3 is 2.37 bits per heavy atom. The number of amides is 1. The van der Waals surface area contributed by atoms with Gasteiger partial charge in [0.2, 0.25) is 0 Å². The minimum Gasteiger partial charge on any atom is -0.444 e. The molecule has 27 heavy (non-hydrogen) atoms. The van der Waals surface area contributed by atoms with Gasteiger partial charge in [-0.2, -0.15) is 21.6 Å². The van der Waals surface area contributed by atoms with Crippen molar-refractivity contribution in [3.05, 3.63) is 35.9 Å². The first-order valence-electron chi connectivity index (χ1n) is 8.07. The smallest absolute Gasteiger partial charge is 0.444 e. The van der Waals surface area contributed by atoms with E-state index in [0.717, 1.165) is 11.6 Å². The molecular formula is C17H20F3NO5S. The molecule has 0 radical (unpaired) electrons. The molecule has 0 unspecified atom stereocenters. The first-order valence-corrected chi connectivity index (χ1v) is 9.47. The fraction of sp³-hybridized carbons (Fsp3) is 0.471. The summed E-state index contributed by atoms with van der Waals surface area (Å²) >= 11 is 0. The molecule has 2 rings (SSSR count). The van der Waals surface area contributed by atoms with Crippen molar-refractivity contribution in [2.45, 2.75) is 38.3 Å². The minimum absolute atomic E-state index is 0.274. The van der Waals surface area contributed by atoms with Crippen LogP contribution in [0.5, 0.6) is 5.75 Å². The standard InChI is InChI=1S/C17H20F3NO5S/c1-16(2,3)25-15(22)21-9-7-12(8-10-21)13-5-4-6-14(11-13)26-27(23,24)17(18,19)20/h4-7,11H,8-10H2,1-3H3. The van der Waals surface area contributed by atoms with Gasteiger partial charge in [0.25, 0.3) is 0 Å². The highest BCUT2D eigenvalue weighted by Crippen LogP contribution is 2.30. The van der Waals surface area contributed by atoms with E-state index in [1.165, 1.54) is 17.0 Å². The molecule has 0 bridgehead atoms. The van der Waals surface area contributed by atoms with Crippen molar-refractivity contribution in [3.8, 4) is 5.75 Å². The second kappa shape index (κ2) is 7.41. The summed E-state index contributed by atoms with van der Waals surface area (Å²) in [5.74, 6) is -0.430. The van der Waals surface area contributed by atoms with Gasteiger partial charge in [0.05, 0.1) is 0 Å². The molecule has 6 nitrogen and oxygen atoms in total. The molecule has 0 N–H and O–H groups in total. The molecule has 10 heteroatoms. The fourth-order valence-corrected chi connectivity index (χ4v) is 2.80. The van der Waals surface area contributed by atoms with E-state index >= 15 is 0 Å². The zero-order valence-corrected chi connectivity index (χ0v) is 15.9. The van der Waals surface area contributed by atoms with Crippen LogP contribution in [0.15, 0.2) is 30.3 Å². The van der Waals surface area contributed by atoms with E-state index in [-0.39, 0.29) is 6.54 Å². The van der Waals surface area contributed by atoms with Gasteiger partial charge in [0, 0.05) is 13.1 Å². The van der Waals surface area contributed by atoms with E-state index < -0.39 is 33.1 Å². The predicted octanol–water partition coefficient (Wildman–Crippen LogP) is 3.94. The number of ether oxygens (including phenoxy) is 1. The van der Waals surface area contributed by atoms with Crippen LogP contribution < -0.4 is 4.18 Å². The maximum atomic E-state index is 12.4. The molecular weight excluding hydrogens is 387 g/mol. The highest BCUT2D eigenvalue weighted by atomic mass is 32.2. The van der Waals surface area contributed by atoms with Gasteiger partial charge in [-0.25, -0.2) is 4.79 Å². The van der Waals surface area contributed by atoms with E-state index in [1.807, 2.05) is 0 Å². The minimum atomic E-state index is -5.72. The molecule has 0 fully saturated rings. The van der Waals surface area contributed by atoms with Gasteiger partial charge in [-0.1, -0.05) is 18.2 Å². The lowest BCUT2D eigenvalue weighted by Gasteiger charge is -2.29. The number of rotatable bonds is 3. The van der Waals surface area contributed by atoms with E-state index in [4.69, 9.17) is 4.74 Å². The molecule has 0 saturated heterocycles. The van der Waals surface area contributed by atoms with Gasteiger partial charge in [0.1, 0.15) is 11.4 Å². The SMILES string of the molecule is CC(C)(C)OC(=O)N1CC=C(c2cccc(OS(=O)(=O)C(F)(F)F)c2)CC1. The number of halogens is 3. The lowest BCUT2D eigenvalue weighted by Crippen LogP contribution is -2.39. The lowest BCUT2D eigenvalue weighted by molar-refractivity contribution is -0.0500.